The summed E-state index contributed by atoms with van der Waals surface area (Å²) < 4.78 is 12.8. The molecule has 0 saturated carbocycles. The summed E-state index contributed by atoms with van der Waals surface area (Å²) >= 11 is 0. The standard InChI is InChI=1S/C11H15FO2/c1-5-10(12)6-7(2)8(3)9(4)11(13)14/h5-6H,1-4H3,(H,13,14)/b7-6-,9-8+,10-5-. The summed E-state index contributed by atoms with van der Waals surface area (Å²) in [5.74, 6) is -1.34. The van der Waals surface area contributed by atoms with Gasteiger partial charge < -0.3 is 5.11 Å². The topological polar surface area (TPSA) is 37.3 Å². The monoisotopic (exact) mass is 198 g/mol. The molecule has 0 aliphatic carbocycles. The fourth-order valence-corrected chi connectivity index (χ4v) is 0.855. The molecule has 0 fully saturated rings. The Morgan fingerprint density at radius 1 is 1.21 bits per heavy atom. The van der Waals surface area contributed by atoms with E-state index in [9.17, 15) is 9.18 Å². The Bertz CT molecular complexity index is 322. The number of halogens is 1. The van der Waals surface area contributed by atoms with Crippen molar-refractivity contribution in [2.45, 2.75) is 27.7 Å². The maximum absolute atomic E-state index is 12.8. The molecule has 2 nitrogen and oxygen atoms in total. The fourth-order valence-electron chi connectivity index (χ4n) is 0.855. The number of hydrogen-bond acceptors (Lipinski definition) is 1. The molecule has 0 radical (unpaired) electrons. The smallest absolute Gasteiger partial charge is 0.331 e. The van der Waals surface area contributed by atoms with Gasteiger partial charge in [0.25, 0.3) is 0 Å². The molecule has 3 heteroatoms. The van der Waals surface area contributed by atoms with Gasteiger partial charge in [0.1, 0.15) is 5.83 Å². The van der Waals surface area contributed by atoms with Gasteiger partial charge in [-0.2, -0.15) is 0 Å². The molecule has 0 aromatic rings. The summed E-state index contributed by atoms with van der Waals surface area (Å²) in [6.45, 7) is 6.44. The molecule has 78 valence electrons. The van der Waals surface area contributed by atoms with Crippen LogP contribution in [-0.4, -0.2) is 11.1 Å². The molecule has 0 saturated heterocycles. The van der Waals surface area contributed by atoms with Crippen molar-refractivity contribution in [1.29, 1.82) is 0 Å². The van der Waals surface area contributed by atoms with Gasteiger partial charge in [-0.15, -0.1) is 0 Å². The van der Waals surface area contributed by atoms with E-state index in [-0.39, 0.29) is 11.4 Å². The van der Waals surface area contributed by atoms with Crippen LogP contribution in [0.3, 0.4) is 0 Å². The Hall–Kier alpha value is -1.38. The van der Waals surface area contributed by atoms with Crippen molar-refractivity contribution >= 4 is 5.97 Å². The maximum Gasteiger partial charge on any atom is 0.331 e. The SMILES string of the molecule is C/C=C(F)/C=C(C)\C(C)=C(/C)C(=O)O. The Morgan fingerprint density at radius 3 is 2.07 bits per heavy atom. The zero-order valence-corrected chi connectivity index (χ0v) is 8.89. The lowest BCUT2D eigenvalue weighted by atomic mass is 10.0. The summed E-state index contributed by atoms with van der Waals surface area (Å²) in [6, 6.07) is 0. The zero-order valence-electron chi connectivity index (χ0n) is 8.89. The van der Waals surface area contributed by atoms with E-state index in [2.05, 4.69) is 0 Å². The van der Waals surface area contributed by atoms with E-state index in [1.54, 1.807) is 20.8 Å². The van der Waals surface area contributed by atoms with Gasteiger partial charge in [0, 0.05) is 5.57 Å². The molecule has 0 spiro atoms. The molecule has 0 atom stereocenters. The third-order valence-corrected chi connectivity index (χ3v) is 2.10. The molecule has 0 aliphatic rings. The molecule has 0 aromatic carbocycles. The van der Waals surface area contributed by atoms with Gasteiger partial charge in [0.05, 0.1) is 0 Å². The highest BCUT2D eigenvalue weighted by Gasteiger charge is 2.06. The normalized spacial score (nSPS) is 15.2. The first-order chi connectivity index (χ1) is 6.40. The first-order valence-electron chi connectivity index (χ1n) is 4.31. The van der Waals surface area contributed by atoms with Gasteiger partial charge in [-0.05, 0) is 44.9 Å². The van der Waals surface area contributed by atoms with Crippen molar-refractivity contribution in [3.8, 4) is 0 Å². The molecule has 0 heterocycles. The second kappa shape index (κ2) is 5.37. The summed E-state index contributed by atoms with van der Waals surface area (Å²) in [7, 11) is 0. The van der Waals surface area contributed by atoms with Gasteiger partial charge >= 0.3 is 5.97 Å². The van der Waals surface area contributed by atoms with E-state index in [4.69, 9.17) is 5.11 Å². The predicted octanol–water partition coefficient (Wildman–Crippen LogP) is 3.23. The van der Waals surface area contributed by atoms with Crippen LogP contribution in [0.1, 0.15) is 27.7 Å². The molecule has 0 amide bonds. The van der Waals surface area contributed by atoms with Crippen molar-refractivity contribution in [2.75, 3.05) is 0 Å². The number of carboxylic acids is 1. The zero-order chi connectivity index (χ0) is 11.3. The minimum atomic E-state index is -0.976. The lowest BCUT2D eigenvalue weighted by Crippen LogP contribution is -2.00. The van der Waals surface area contributed by atoms with E-state index >= 15 is 0 Å². The largest absolute Gasteiger partial charge is 0.478 e. The molecule has 1 N–H and O–H groups in total. The van der Waals surface area contributed by atoms with Gasteiger partial charge in [0.15, 0.2) is 0 Å². The van der Waals surface area contributed by atoms with Crippen molar-refractivity contribution in [3.05, 3.63) is 34.7 Å². The second-order valence-corrected chi connectivity index (χ2v) is 3.06. The molecule has 0 unspecified atom stereocenters. The van der Waals surface area contributed by atoms with Crippen LogP contribution in [0, 0.1) is 0 Å². The van der Waals surface area contributed by atoms with Crippen molar-refractivity contribution < 1.29 is 14.3 Å². The molecule has 0 bridgehead atoms. The van der Waals surface area contributed by atoms with Gasteiger partial charge in [-0.3, -0.25) is 0 Å². The van der Waals surface area contributed by atoms with E-state index in [0.717, 1.165) is 0 Å². The molecule has 0 aromatic heterocycles. The molecular formula is C11H15FO2. The second-order valence-electron chi connectivity index (χ2n) is 3.06. The summed E-state index contributed by atoms with van der Waals surface area (Å²) in [5, 5.41) is 8.70. The third-order valence-electron chi connectivity index (χ3n) is 2.10. The third kappa shape index (κ3) is 3.56. The lowest BCUT2D eigenvalue weighted by Gasteiger charge is -2.03. The van der Waals surface area contributed by atoms with E-state index in [1.165, 1.54) is 19.1 Å². The molecular weight excluding hydrogens is 183 g/mol. The summed E-state index contributed by atoms with van der Waals surface area (Å²) in [4.78, 5) is 10.6. The van der Waals surface area contributed by atoms with Crippen molar-refractivity contribution in [3.63, 3.8) is 0 Å². The number of hydrogen-bond donors (Lipinski definition) is 1. The summed E-state index contributed by atoms with van der Waals surface area (Å²) in [6.07, 6.45) is 2.65. The van der Waals surface area contributed by atoms with Crippen LogP contribution in [0.2, 0.25) is 0 Å². The predicted molar refractivity (Wildman–Crippen MR) is 54.6 cm³/mol. The van der Waals surface area contributed by atoms with Gasteiger partial charge in [0.2, 0.25) is 0 Å². The van der Waals surface area contributed by atoms with E-state index < -0.39 is 5.97 Å². The van der Waals surface area contributed by atoms with E-state index in [1.807, 2.05) is 0 Å². The van der Waals surface area contributed by atoms with Crippen LogP contribution in [-0.2, 0) is 4.79 Å². The van der Waals surface area contributed by atoms with Crippen LogP contribution in [0.25, 0.3) is 0 Å². The highest BCUT2D eigenvalue weighted by molar-refractivity contribution is 5.87. The van der Waals surface area contributed by atoms with Crippen LogP contribution in [0.15, 0.2) is 34.7 Å². The minimum absolute atomic E-state index is 0.239. The van der Waals surface area contributed by atoms with Gasteiger partial charge in [-0.25, -0.2) is 9.18 Å². The number of carboxylic acid groups (broad SMARTS) is 1. The first kappa shape index (κ1) is 12.6. The highest BCUT2D eigenvalue weighted by atomic mass is 19.1. The average Bonchev–Trinajstić information content (AvgIpc) is 2.14. The highest BCUT2D eigenvalue weighted by Crippen LogP contribution is 2.16. The van der Waals surface area contributed by atoms with Crippen LogP contribution >= 0.6 is 0 Å². The van der Waals surface area contributed by atoms with Crippen LogP contribution in [0.5, 0.6) is 0 Å². The number of allylic oxidation sites excluding steroid dienone is 5. The fraction of sp³-hybridized carbons (Fsp3) is 0.364. The van der Waals surface area contributed by atoms with Crippen molar-refractivity contribution in [1.82, 2.24) is 0 Å². The van der Waals surface area contributed by atoms with Crippen LogP contribution in [0.4, 0.5) is 4.39 Å². The minimum Gasteiger partial charge on any atom is -0.478 e. The Labute approximate surface area is 83.4 Å². The van der Waals surface area contributed by atoms with Crippen LogP contribution < -0.4 is 0 Å². The molecule has 0 rings (SSSR count). The number of rotatable bonds is 3. The summed E-state index contributed by atoms with van der Waals surface area (Å²) in [5.41, 5.74) is 1.46. The van der Waals surface area contributed by atoms with Gasteiger partial charge in [-0.1, -0.05) is 6.08 Å². The number of aliphatic carboxylic acids is 1. The van der Waals surface area contributed by atoms with E-state index in [0.29, 0.717) is 11.1 Å². The quantitative estimate of drug-likeness (QED) is 0.558. The number of carbonyl (C=O) groups is 1. The van der Waals surface area contributed by atoms with Crippen molar-refractivity contribution in [2.24, 2.45) is 0 Å². The first-order valence-corrected chi connectivity index (χ1v) is 4.31. The Kier molecular flexibility index (Phi) is 4.84. The Balaban J connectivity index is 5.05. The molecule has 14 heavy (non-hydrogen) atoms. The molecule has 0 aliphatic heterocycles. The Morgan fingerprint density at radius 2 is 1.71 bits per heavy atom. The lowest BCUT2D eigenvalue weighted by molar-refractivity contribution is -0.132. The maximum atomic E-state index is 12.8. The average molecular weight is 198 g/mol.